The van der Waals surface area contributed by atoms with Crippen LogP contribution in [0.25, 0.3) is 0 Å². The molecular formula is C18H18ClNO7S. The molecule has 0 atom stereocenters. The van der Waals surface area contributed by atoms with E-state index in [-0.39, 0.29) is 21.0 Å². The molecule has 0 aromatic heterocycles. The van der Waals surface area contributed by atoms with Crippen LogP contribution >= 0.6 is 11.6 Å². The summed E-state index contributed by atoms with van der Waals surface area (Å²) in [4.78, 5) is 21.2. The number of sulfone groups is 1. The number of carbonyl (C=O) groups is 1. The Balaban J connectivity index is 2.90. The number of phenols is 1. The van der Waals surface area contributed by atoms with Gasteiger partial charge in [0.1, 0.15) is 16.3 Å². The Kier molecular flexibility index (Phi) is 5.46. The van der Waals surface area contributed by atoms with E-state index in [1.54, 1.807) is 20.8 Å². The molecule has 0 amide bonds. The van der Waals surface area contributed by atoms with Crippen LogP contribution in [-0.4, -0.2) is 29.5 Å². The summed E-state index contributed by atoms with van der Waals surface area (Å²) in [6.45, 7) is 6.32. The van der Waals surface area contributed by atoms with Crippen molar-refractivity contribution in [2.45, 2.75) is 42.9 Å². The third kappa shape index (κ3) is 3.67. The molecule has 0 aliphatic rings. The molecule has 0 saturated carbocycles. The van der Waals surface area contributed by atoms with Gasteiger partial charge in [0, 0.05) is 11.6 Å². The number of carboxylic acid groups (broad SMARTS) is 1. The molecule has 0 spiro atoms. The predicted molar refractivity (Wildman–Crippen MR) is 102 cm³/mol. The minimum atomic E-state index is -4.34. The van der Waals surface area contributed by atoms with E-state index in [0.29, 0.717) is 0 Å². The second-order valence-electron chi connectivity index (χ2n) is 7.20. The largest absolute Gasteiger partial charge is 0.507 e. The number of hydrogen-bond donors (Lipinski definition) is 2. The highest BCUT2D eigenvalue weighted by Gasteiger charge is 2.32. The summed E-state index contributed by atoms with van der Waals surface area (Å²) in [5.41, 5.74) is -1.94. The highest BCUT2D eigenvalue weighted by Crippen LogP contribution is 2.40. The van der Waals surface area contributed by atoms with Crippen molar-refractivity contribution < 1.29 is 28.3 Å². The summed E-state index contributed by atoms with van der Waals surface area (Å²) in [7, 11) is -4.34. The molecular weight excluding hydrogens is 410 g/mol. The number of carboxylic acids is 1. The van der Waals surface area contributed by atoms with Crippen molar-refractivity contribution in [1.29, 1.82) is 0 Å². The van der Waals surface area contributed by atoms with E-state index in [9.17, 15) is 33.5 Å². The number of rotatable bonds is 4. The molecule has 2 N–H and O–H groups in total. The Bertz CT molecular complexity index is 1100. The maximum Gasteiger partial charge on any atom is 0.339 e. The number of aromatic hydroxyl groups is 1. The van der Waals surface area contributed by atoms with Gasteiger partial charge in [0.25, 0.3) is 5.69 Å². The van der Waals surface area contributed by atoms with E-state index in [4.69, 9.17) is 11.6 Å². The predicted octanol–water partition coefficient (Wildman–Crippen LogP) is 4.09. The lowest BCUT2D eigenvalue weighted by Crippen LogP contribution is -2.17. The minimum Gasteiger partial charge on any atom is -0.507 e. The quantitative estimate of drug-likeness (QED) is 0.554. The topological polar surface area (TPSA) is 135 Å². The number of nitro benzene ring substituents is 1. The third-order valence-corrected chi connectivity index (χ3v) is 6.45. The van der Waals surface area contributed by atoms with Crippen LogP contribution in [0, 0.1) is 17.0 Å². The first-order valence-corrected chi connectivity index (χ1v) is 9.85. The van der Waals surface area contributed by atoms with Gasteiger partial charge in [0.2, 0.25) is 9.84 Å². The molecule has 28 heavy (non-hydrogen) atoms. The van der Waals surface area contributed by atoms with Crippen molar-refractivity contribution in [3.05, 3.63) is 56.1 Å². The SMILES string of the molecule is Cc1c(S(=O)(=O)c2ccc(Cl)c([N+](=O)[O-])c2)cc(C(C)(C)C)c(O)c1C(=O)O. The molecule has 0 bridgehead atoms. The fourth-order valence-corrected chi connectivity index (χ4v) is 4.51. The molecule has 0 saturated heterocycles. The Morgan fingerprint density at radius 1 is 1.21 bits per heavy atom. The second-order valence-corrected chi connectivity index (χ2v) is 9.53. The van der Waals surface area contributed by atoms with Crippen LogP contribution in [0.2, 0.25) is 5.02 Å². The molecule has 150 valence electrons. The van der Waals surface area contributed by atoms with Gasteiger partial charge >= 0.3 is 5.97 Å². The maximum atomic E-state index is 13.2. The zero-order valence-corrected chi connectivity index (χ0v) is 17.1. The number of aromatic carboxylic acids is 1. The fraction of sp³-hybridized carbons (Fsp3) is 0.278. The molecule has 2 aromatic rings. The van der Waals surface area contributed by atoms with E-state index in [2.05, 4.69) is 0 Å². The van der Waals surface area contributed by atoms with Crippen molar-refractivity contribution in [3.8, 4) is 5.75 Å². The average molecular weight is 428 g/mol. The van der Waals surface area contributed by atoms with Crippen LogP contribution in [0.1, 0.15) is 42.3 Å². The Morgan fingerprint density at radius 2 is 1.79 bits per heavy atom. The zero-order valence-electron chi connectivity index (χ0n) is 15.5. The van der Waals surface area contributed by atoms with Gasteiger partial charge in [-0.2, -0.15) is 0 Å². The minimum absolute atomic E-state index is 0.123. The van der Waals surface area contributed by atoms with E-state index < -0.39 is 48.0 Å². The van der Waals surface area contributed by atoms with Crippen molar-refractivity contribution in [2.24, 2.45) is 0 Å². The van der Waals surface area contributed by atoms with E-state index in [1.165, 1.54) is 13.0 Å². The zero-order chi connectivity index (χ0) is 21.6. The number of benzene rings is 2. The van der Waals surface area contributed by atoms with E-state index in [0.717, 1.165) is 18.2 Å². The third-order valence-electron chi connectivity index (χ3n) is 4.25. The Morgan fingerprint density at radius 3 is 2.25 bits per heavy atom. The smallest absolute Gasteiger partial charge is 0.339 e. The second kappa shape index (κ2) is 7.06. The highest BCUT2D eigenvalue weighted by atomic mass is 35.5. The number of halogens is 1. The number of nitrogens with zero attached hydrogens (tertiary/aromatic N) is 1. The van der Waals surface area contributed by atoms with Gasteiger partial charge in [-0.3, -0.25) is 10.1 Å². The van der Waals surface area contributed by atoms with Crippen LogP contribution in [0.3, 0.4) is 0 Å². The monoisotopic (exact) mass is 427 g/mol. The summed E-state index contributed by atoms with van der Waals surface area (Å²) < 4.78 is 26.3. The molecule has 2 aromatic carbocycles. The van der Waals surface area contributed by atoms with Gasteiger partial charge in [0.05, 0.1) is 14.7 Å². The van der Waals surface area contributed by atoms with Gasteiger partial charge in [-0.05, 0) is 36.1 Å². The van der Waals surface area contributed by atoms with Crippen LogP contribution in [-0.2, 0) is 15.3 Å². The number of hydrogen-bond acceptors (Lipinski definition) is 6. The normalized spacial score (nSPS) is 12.0. The summed E-state index contributed by atoms with van der Waals surface area (Å²) in [5.74, 6) is -2.00. The van der Waals surface area contributed by atoms with Crippen molar-refractivity contribution in [2.75, 3.05) is 0 Å². The molecule has 0 radical (unpaired) electrons. The van der Waals surface area contributed by atoms with Gasteiger partial charge in [-0.25, -0.2) is 13.2 Å². The van der Waals surface area contributed by atoms with Crippen molar-refractivity contribution >= 4 is 33.1 Å². The Labute approximate surface area is 166 Å². The molecule has 0 aliphatic carbocycles. The maximum absolute atomic E-state index is 13.2. The van der Waals surface area contributed by atoms with E-state index >= 15 is 0 Å². The molecule has 0 fully saturated rings. The molecule has 0 aliphatic heterocycles. The lowest BCUT2D eigenvalue weighted by molar-refractivity contribution is -0.384. The van der Waals surface area contributed by atoms with Gasteiger partial charge in [-0.15, -0.1) is 0 Å². The summed E-state index contributed by atoms with van der Waals surface area (Å²) >= 11 is 5.74. The molecule has 0 unspecified atom stereocenters. The number of nitro groups is 1. The summed E-state index contributed by atoms with van der Waals surface area (Å²) in [6.07, 6.45) is 0. The van der Waals surface area contributed by atoms with Crippen LogP contribution in [0.5, 0.6) is 5.75 Å². The summed E-state index contributed by atoms with van der Waals surface area (Å²) in [5, 5.41) is 30.8. The van der Waals surface area contributed by atoms with Gasteiger partial charge < -0.3 is 10.2 Å². The van der Waals surface area contributed by atoms with Crippen LogP contribution in [0.15, 0.2) is 34.1 Å². The van der Waals surface area contributed by atoms with Gasteiger partial charge in [-0.1, -0.05) is 32.4 Å². The van der Waals surface area contributed by atoms with Crippen LogP contribution in [0.4, 0.5) is 5.69 Å². The van der Waals surface area contributed by atoms with Crippen molar-refractivity contribution in [1.82, 2.24) is 0 Å². The van der Waals surface area contributed by atoms with Crippen LogP contribution < -0.4 is 0 Å². The van der Waals surface area contributed by atoms with E-state index in [1.807, 2.05) is 0 Å². The standard InChI is InChI=1S/C18H18ClNO7S/c1-9-14(8-11(18(2,3)4)16(21)15(9)17(22)23)28(26,27)10-5-6-12(19)13(7-10)20(24)25/h5-8,21H,1-4H3,(H,22,23). The average Bonchev–Trinajstić information content (AvgIpc) is 2.52. The lowest BCUT2D eigenvalue weighted by atomic mass is 9.84. The lowest BCUT2D eigenvalue weighted by Gasteiger charge is -2.24. The molecule has 8 nitrogen and oxygen atoms in total. The summed E-state index contributed by atoms with van der Waals surface area (Å²) in [6, 6.07) is 4.22. The molecule has 2 rings (SSSR count). The fourth-order valence-electron chi connectivity index (χ4n) is 2.78. The van der Waals surface area contributed by atoms with Gasteiger partial charge in [0.15, 0.2) is 0 Å². The first kappa shape index (κ1) is 21.6. The molecule has 0 heterocycles. The van der Waals surface area contributed by atoms with Crippen molar-refractivity contribution in [3.63, 3.8) is 0 Å². The molecule has 10 heteroatoms. The first-order valence-electron chi connectivity index (χ1n) is 7.99. The first-order chi connectivity index (χ1) is 12.7. The highest BCUT2D eigenvalue weighted by molar-refractivity contribution is 7.91. The Hall–Kier alpha value is -2.65.